The number of methoxy groups -OCH3 is 3. The molecule has 1 aromatic rings. The van der Waals surface area contributed by atoms with Gasteiger partial charge in [0.2, 0.25) is 5.75 Å². The summed E-state index contributed by atoms with van der Waals surface area (Å²) in [5, 5.41) is 9.17. The Bertz CT molecular complexity index is 410. The molecule has 128 valence electrons. The summed E-state index contributed by atoms with van der Waals surface area (Å²) in [5.74, 6) is -0.0624. The minimum absolute atomic E-state index is 0.462. The average Bonchev–Trinajstić information content (AvgIpc) is 2.57. The number of carboxylic acid groups (broad SMARTS) is 1. The predicted molar refractivity (Wildman–Crippen MR) is 93.0 cm³/mol. The van der Waals surface area contributed by atoms with Gasteiger partial charge in [0, 0.05) is 0 Å². The fraction of sp³-hybridized carbons (Fsp3) is 0.562. The highest BCUT2D eigenvalue weighted by molar-refractivity contribution is 7.79. The summed E-state index contributed by atoms with van der Waals surface area (Å²) in [4.78, 5) is 11.2. The molecule has 0 heterocycles. The second-order valence-electron chi connectivity index (χ2n) is 3.76. The van der Waals surface area contributed by atoms with E-state index in [0.717, 1.165) is 0 Å². The fourth-order valence-electron chi connectivity index (χ4n) is 1.86. The van der Waals surface area contributed by atoms with Crippen molar-refractivity contribution < 1.29 is 24.1 Å². The van der Waals surface area contributed by atoms with Crippen LogP contribution in [0.4, 0.5) is 0 Å². The van der Waals surface area contributed by atoms with Crippen LogP contribution in [0, 0.1) is 0 Å². The van der Waals surface area contributed by atoms with Crippen molar-refractivity contribution in [1.29, 1.82) is 0 Å². The van der Waals surface area contributed by atoms with Crippen molar-refractivity contribution in [2.24, 2.45) is 0 Å². The van der Waals surface area contributed by atoms with Crippen LogP contribution in [-0.2, 0) is 4.79 Å². The SMILES string of the molecule is CC.CCC(C(=O)O)c1cc(OC)c(OC)c(OC)c1.CS. The van der Waals surface area contributed by atoms with E-state index in [1.165, 1.54) is 21.3 Å². The Kier molecular flexibility index (Phi) is 13.6. The second-order valence-corrected chi connectivity index (χ2v) is 3.76. The van der Waals surface area contributed by atoms with E-state index in [-0.39, 0.29) is 0 Å². The largest absolute Gasteiger partial charge is 0.493 e. The van der Waals surface area contributed by atoms with Gasteiger partial charge in [-0.1, -0.05) is 20.8 Å². The van der Waals surface area contributed by atoms with Crippen molar-refractivity contribution >= 4 is 18.6 Å². The van der Waals surface area contributed by atoms with Crippen LogP contribution in [0.2, 0.25) is 0 Å². The van der Waals surface area contributed by atoms with Gasteiger partial charge in [0.15, 0.2) is 11.5 Å². The van der Waals surface area contributed by atoms with Gasteiger partial charge in [-0.25, -0.2) is 0 Å². The molecule has 1 atom stereocenters. The maximum absolute atomic E-state index is 11.2. The first-order valence-electron chi connectivity index (χ1n) is 7.06. The monoisotopic (exact) mass is 332 g/mol. The number of aliphatic carboxylic acids is 1. The van der Waals surface area contributed by atoms with Crippen LogP contribution in [0.25, 0.3) is 0 Å². The van der Waals surface area contributed by atoms with Crippen LogP contribution >= 0.6 is 12.6 Å². The lowest BCUT2D eigenvalue weighted by molar-refractivity contribution is -0.138. The van der Waals surface area contributed by atoms with E-state index >= 15 is 0 Å². The van der Waals surface area contributed by atoms with Crippen molar-refractivity contribution in [3.05, 3.63) is 17.7 Å². The van der Waals surface area contributed by atoms with E-state index in [2.05, 4.69) is 12.6 Å². The Balaban J connectivity index is 0. The normalized spacial score (nSPS) is 10.2. The minimum Gasteiger partial charge on any atom is -0.493 e. The van der Waals surface area contributed by atoms with Crippen molar-refractivity contribution in [3.8, 4) is 17.2 Å². The molecule has 1 N–H and O–H groups in total. The molecule has 0 fully saturated rings. The van der Waals surface area contributed by atoms with Crippen molar-refractivity contribution in [2.75, 3.05) is 27.6 Å². The van der Waals surface area contributed by atoms with Crippen LogP contribution in [0.5, 0.6) is 17.2 Å². The van der Waals surface area contributed by atoms with E-state index < -0.39 is 11.9 Å². The Morgan fingerprint density at radius 1 is 1.09 bits per heavy atom. The summed E-state index contributed by atoms with van der Waals surface area (Å²) in [7, 11) is 4.51. The summed E-state index contributed by atoms with van der Waals surface area (Å²) in [6, 6.07) is 3.34. The molecule has 0 aromatic heterocycles. The zero-order chi connectivity index (χ0) is 17.7. The van der Waals surface area contributed by atoms with Crippen LogP contribution < -0.4 is 14.2 Å². The predicted octanol–water partition coefficient (Wildman–Crippen LogP) is 3.86. The summed E-state index contributed by atoms with van der Waals surface area (Å²) in [6.07, 6.45) is 2.19. The quantitative estimate of drug-likeness (QED) is 0.774. The van der Waals surface area contributed by atoms with E-state index in [1.54, 1.807) is 18.4 Å². The highest BCUT2D eigenvalue weighted by atomic mass is 32.1. The summed E-state index contributed by atoms with van der Waals surface area (Å²) in [5.41, 5.74) is 0.638. The molecule has 0 aliphatic carbocycles. The zero-order valence-corrected chi connectivity index (χ0v) is 15.4. The number of benzene rings is 1. The van der Waals surface area contributed by atoms with E-state index in [0.29, 0.717) is 29.2 Å². The molecule has 1 unspecified atom stereocenters. The Labute approximate surface area is 139 Å². The Hall–Kier alpha value is -1.56. The van der Waals surface area contributed by atoms with Crippen LogP contribution in [-0.4, -0.2) is 38.7 Å². The topological polar surface area (TPSA) is 65.0 Å². The Morgan fingerprint density at radius 3 is 1.73 bits per heavy atom. The molecule has 5 nitrogen and oxygen atoms in total. The van der Waals surface area contributed by atoms with Crippen LogP contribution in [0.1, 0.15) is 38.7 Å². The third kappa shape index (κ3) is 6.05. The highest BCUT2D eigenvalue weighted by Crippen LogP contribution is 2.40. The summed E-state index contributed by atoms with van der Waals surface area (Å²) in [6.45, 7) is 5.82. The molecule has 0 spiro atoms. The van der Waals surface area contributed by atoms with Gasteiger partial charge in [-0.15, -0.1) is 0 Å². The lowest BCUT2D eigenvalue weighted by Gasteiger charge is -2.16. The van der Waals surface area contributed by atoms with E-state index in [9.17, 15) is 4.79 Å². The van der Waals surface area contributed by atoms with Gasteiger partial charge in [-0.3, -0.25) is 4.79 Å². The third-order valence-electron chi connectivity index (χ3n) is 2.80. The maximum Gasteiger partial charge on any atom is 0.310 e. The molecule has 0 saturated heterocycles. The smallest absolute Gasteiger partial charge is 0.310 e. The van der Waals surface area contributed by atoms with E-state index in [1.807, 2.05) is 20.8 Å². The van der Waals surface area contributed by atoms with Crippen molar-refractivity contribution in [2.45, 2.75) is 33.1 Å². The highest BCUT2D eigenvalue weighted by Gasteiger charge is 2.22. The molecule has 0 aliphatic heterocycles. The number of carbonyl (C=O) groups is 1. The van der Waals surface area contributed by atoms with Crippen LogP contribution in [0.3, 0.4) is 0 Å². The molecule has 0 saturated carbocycles. The molecule has 0 aliphatic rings. The maximum atomic E-state index is 11.2. The minimum atomic E-state index is -0.869. The number of ether oxygens (including phenoxy) is 3. The molecular weight excluding hydrogens is 304 g/mol. The van der Waals surface area contributed by atoms with Gasteiger partial charge in [0.25, 0.3) is 0 Å². The lowest BCUT2D eigenvalue weighted by Crippen LogP contribution is -2.11. The standard InChI is InChI=1S/C13H18O5.C2H6.CH4S/c1-5-9(13(14)15)8-6-10(16-2)12(18-4)11(7-8)17-3;2*1-2/h6-7,9H,5H2,1-4H3,(H,14,15);1-2H3;2H,1H3. The first-order valence-corrected chi connectivity index (χ1v) is 7.95. The van der Waals surface area contributed by atoms with Crippen molar-refractivity contribution in [1.82, 2.24) is 0 Å². The van der Waals surface area contributed by atoms with Gasteiger partial charge in [-0.05, 0) is 30.4 Å². The zero-order valence-electron chi connectivity index (χ0n) is 14.5. The van der Waals surface area contributed by atoms with Crippen LogP contribution in [0.15, 0.2) is 12.1 Å². The fourth-order valence-corrected chi connectivity index (χ4v) is 1.86. The number of carboxylic acids is 1. The van der Waals surface area contributed by atoms with Crippen molar-refractivity contribution in [3.63, 3.8) is 0 Å². The molecule has 22 heavy (non-hydrogen) atoms. The number of thiol groups is 1. The van der Waals surface area contributed by atoms with Gasteiger partial charge in [0.05, 0.1) is 27.2 Å². The van der Waals surface area contributed by atoms with Gasteiger partial charge in [-0.2, -0.15) is 12.6 Å². The van der Waals surface area contributed by atoms with Gasteiger partial charge in [0.1, 0.15) is 0 Å². The lowest BCUT2D eigenvalue weighted by atomic mass is 9.96. The molecule has 0 radical (unpaired) electrons. The van der Waals surface area contributed by atoms with E-state index in [4.69, 9.17) is 19.3 Å². The number of hydrogen-bond donors (Lipinski definition) is 2. The number of rotatable bonds is 6. The molecule has 1 rings (SSSR count). The summed E-state index contributed by atoms with van der Waals surface area (Å²) >= 11 is 3.53. The molecule has 0 amide bonds. The summed E-state index contributed by atoms with van der Waals surface area (Å²) < 4.78 is 15.6. The molecule has 1 aromatic carbocycles. The Morgan fingerprint density at radius 2 is 1.50 bits per heavy atom. The third-order valence-corrected chi connectivity index (χ3v) is 2.80. The first kappa shape index (κ1) is 22.7. The number of hydrogen-bond acceptors (Lipinski definition) is 5. The molecular formula is C16H28O5S. The molecule has 6 heteroatoms. The second kappa shape index (κ2) is 13.1. The van der Waals surface area contributed by atoms with Gasteiger partial charge < -0.3 is 19.3 Å². The first-order chi connectivity index (χ1) is 10.6. The molecule has 0 bridgehead atoms. The van der Waals surface area contributed by atoms with Gasteiger partial charge >= 0.3 is 5.97 Å². The average molecular weight is 332 g/mol.